The van der Waals surface area contributed by atoms with E-state index < -0.39 is 0 Å². The standard InChI is InChI=1S/C14H13F2N/c15-13-4-1-10(2-5-13)11-3-6-14(16)12(9-11)7-8-17/h1-6,9H,7-8,17H2. The normalized spacial score (nSPS) is 10.5. The highest BCUT2D eigenvalue weighted by Crippen LogP contribution is 2.22. The summed E-state index contributed by atoms with van der Waals surface area (Å²) < 4.78 is 26.2. The van der Waals surface area contributed by atoms with Crippen LogP contribution in [-0.2, 0) is 6.42 Å². The van der Waals surface area contributed by atoms with Gasteiger partial charge in [0.25, 0.3) is 0 Å². The van der Waals surface area contributed by atoms with E-state index in [2.05, 4.69) is 0 Å². The highest BCUT2D eigenvalue weighted by molar-refractivity contribution is 5.64. The Hall–Kier alpha value is -1.74. The van der Waals surface area contributed by atoms with E-state index in [0.717, 1.165) is 11.1 Å². The van der Waals surface area contributed by atoms with E-state index in [9.17, 15) is 8.78 Å². The largest absolute Gasteiger partial charge is 0.330 e. The highest BCUT2D eigenvalue weighted by atomic mass is 19.1. The zero-order chi connectivity index (χ0) is 12.3. The molecule has 0 saturated carbocycles. The molecule has 3 heteroatoms. The summed E-state index contributed by atoms with van der Waals surface area (Å²) in [5.74, 6) is -0.528. The molecular weight excluding hydrogens is 220 g/mol. The first kappa shape index (κ1) is 11.7. The van der Waals surface area contributed by atoms with Crippen LogP contribution in [0.1, 0.15) is 5.56 Å². The van der Waals surface area contributed by atoms with Gasteiger partial charge in [0, 0.05) is 0 Å². The molecule has 2 aromatic carbocycles. The second-order valence-electron chi connectivity index (χ2n) is 3.85. The lowest BCUT2D eigenvalue weighted by molar-refractivity contribution is 0.610. The lowest BCUT2D eigenvalue weighted by atomic mass is 10.0. The van der Waals surface area contributed by atoms with Crippen molar-refractivity contribution >= 4 is 0 Å². The maximum absolute atomic E-state index is 13.4. The molecule has 0 unspecified atom stereocenters. The lowest BCUT2D eigenvalue weighted by Gasteiger charge is -2.06. The molecule has 0 fully saturated rings. The van der Waals surface area contributed by atoms with Gasteiger partial charge in [0.1, 0.15) is 11.6 Å². The first-order valence-corrected chi connectivity index (χ1v) is 5.45. The third-order valence-electron chi connectivity index (χ3n) is 2.64. The van der Waals surface area contributed by atoms with Crippen molar-refractivity contribution in [2.24, 2.45) is 5.73 Å². The summed E-state index contributed by atoms with van der Waals surface area (Å²) in [7, 11) is 0. The van der Waals surface area contributed by atoms with Gasteiger partial charge in [-0.1, -0.05) is 18.2 Å². The van der Waals surface area contributed by atoms with Crippen molar-refractivity contribution in [3.63, 3.8) is 0 Å². The van der Waals surface area contributed by atoms with Crippen LogP contribution in [0.3, 0.4) is 0 Å². The molecule has 0 radical (unpaired) electrons. The van der Waals surface area contributed by atoms with E-state index in [0.29, 0.717) is 18.5 Å². The molecular formula is C14H13F2N. The Balaban J connectivity index is 2.39. The first-order valence-electron chi connectivity index (χ1n) is 5.45. The third kappa shape index (κ3) is 2.68. The van der Waals surface area contributed by atoms with Gasteiger partial charge >= 0.3 is 0 Å². The second kappa shape index (κ2) is 5.06. The van der Waals surface area contributed by atoms with Crippen LogP contribution in [0, 0.1) is 11.6 Å². The SMILES string of the molecule is NCCc1cc(-c2ccc(F)cc2)ccc1F. The molecule has 0 heterocycles. The van der Waals surface area contributed by atoms with Crippen LogP contribution in [0.2, 0.25) is 0 Å². The number of hydrogen-bond donors (Lipinski definition) is 1. The number of halogens is 2. The average molecular weight is 233 g/mol. The van der Waals surface area contributed by atoms with Crippen LogP contribution in [0.15, 0.2) is 42.5 Å². The molecule has 88 valence electrons. The van der Waals surface area contributed by atoms with Crippen molar-refractivity contribution in [1.82, 2.24) is 0 Å². The van der Waals surface area contributed by atoms with Crippen LogP contribution < -0.4 is 5.73 Å². The Morgan fingerprint density at radius 1 is 0.882 bits per heavy atom. The maximum atomic E-state index is 13.4. The Bertz CT molecular complexity index is 506. The molecule has 0 atom stereocenters. The predicted molar refractivity (Wildman–Crippen MR) is 64.6 cm³/mol. The van der Waals surface area contributed by atoms with Gasteiger partial charge in [0.15, 0.2) is 0 Å². The molecule has 2 rings (SSSR count). The van der Waals surface area contributed by atoms with Crippen LogP contribution in [-0.4, -0.2) is 6.54 Å². The average Bonchev–Trinajstić information content (AvgIpc) is 2.33. The number of rotatable bonds is 3. The zero-order valence-electron chi connectivity index (χ0n) is 9.29. The summed E-state index contributed by atoms with van der Waals surface area (Å²) in [5, 5.41) is 0. The Morgan fingerprint density at radius 3 is 2.18 bits per heavy atom. The van der Waals surface area contributed by atoms with Crippen LogP contribution in [0.5, 0.6) is 0 Å². The molecule has 2 N–H and O–H groups in total. The second-order valence-corrected chi connectivity index (χ2v) is 3.85. The van der Waals surface area contributed by atoms with Gasteiger partial charge in [-0.25, -0.2) is 8.78 Å². The third-order valence-corrected chi connectivity index (χ3v) is 2.64. The minimum absolute atomic E-state index is 0.249. The molecule has 17 heavy (non-hydrogen) atoms. The molecule has 0 aliphatic carbocycles. The van der Waals surface area contributed by atoms with Crippen molar-refractivity contribution in [2.75, 3.05) is 6.54 Å². The van der Waals surface area contributed by atoms with Gasteiger partial charge in [0.05, 0.1) is 0 Å². The fourth-order valence-corrected chi connectivity index (χ4v) is 1.74. The van der Waals surface area contributed by atoms with E-state index in [1.54, 1.807) is 24.3 Å². The van der Waals surface area contributed by atoms with E-state index >= 15 is 0 Å². The van der Waals surface area contributed by atoms with Gasteiger partial charge in [-0.2, -0.15) is 0 Å². The van der Waals surface area contributed by atoms with Gasteiger partial charge < -0.3 is 5.73 Å². The van der Waals surface area contributed by atoms with Gasteiger partial charge in [-0.05, 0) is 53.9 Å². The highest BCUT2D eigenvalue weighted by Gasteiger charge is 2.04. The van der Waals surface area contributed by atoms with Gasteiger partial charge in [0.2, 0.25) is 0 Å². The molecule has 1 nitrogen and oxygen atoms in total. The summed E-state index contributed by atoms with van der Waals surface area (Å²) in [6, 6.07) is 11.0. The molecule has 0 amide bonds. The van der Waals surface area contributed by atoms with Crippen LogP contribution >= 0.6 is 0 Å². The van der Waals surface area contributed by atoms with Crippen molar-refractivity contribution < 1.29 is 8.78 Å². The summed E-state index contributed by atoms with van der Waals surface area (Å²) in [5.41, 5.74) is 7.75. The summed E-state index contributed by atoms with van der Waals surface area (Å²) in [6.07, 6.45) is 0.501. The van der Waals surface area contributed by atoms with E-state index in [4.69, 9.17) is 5.73 Å². The summed E-state index contributed by atoms with van der Waals surface area (Å²) >= 11 is 0. The van der Waals surface area contributed by atoms with Crippen molar-refractivity contribution in [1.29, 1.82) is 0 Å². The Kier molecular flexibility index (Phi) is 3.49. The Morgan fingerprint density at radius 2 is 1.53 bits per heavy atom. The minimum Gasteiger partial charge on any atom is -0.330 e. The molecule has 0 aliphatic heterocycles. The Labute approximate surface area is 98.9 Å². The first-order chi connectivity index (χ1) is 8.20. The monoisotopic (exact) mass is 233 g/mol. The number of hydrogen-bond acceptors (Lipinski definition) is 1. The van der Waals surface area contributed by atoms with E-state index in [-0.39, 0.29) is 11.6 Å². The zero-order valence-corrected chi connectivity index (χ0v) is 9.29. The van der Waals surface area contributed by atoms with Gasteiger partial charge in [-0.15, -0.1) is 0 Å². The predicted octanol–water partition coefficient (Wildman–Crippen LogP) is 3.13. The number of nitrogens with two attached hydrogens (primary N) is 1. The summed E-state index contributed by atoms with van der Waals surface area (Å²) in [6.45, 7) is 0.407. The summed E-state index contributed by atoms with van der Waals surface area (Å²) in [4.78, 5) is 0. The minimum atomic E-state index is -0.280. The fourth-order valence-electron chi connectivity index (χ4n) is 1.74. The quantitative estimate of drug-likeness (QED) is 0.866. The van der Waals surface area contributed by atoms with Crippen LogP contribution in [0.4, 0.5) is 8.78 Å². The molecule has 0 aromatic heterocycles. The van der Waals surface area contributed by atoms with Crippen LogP contribution in [0.25, 0.3) is 11.1 Å². The molecule has 2 aromatic rings. The van der Waals surface area contributed by atoms with E-state index in [1.165, 1.54) is 18.2 Å². The maximum Gasteiger partial charge on any atom is 0.126 e. The van der Waals surface area contributed by atoms with Crippen molar-refractivity contribution in [3.05, 3.63) is 59.7 Å². The fraction of sp³-hybridized carbons (Fsp3) is 0.143. The number of benzene rings is 2. The lowest BCUT2D eigenvalue weighted by Crippen LogP contribution is -2.04. The van der Waals surface area contributed by atoms with E-state index in [1.807, 2.05) is 0 Å². The topological polar surface area (TPSA) is 26.0 Å². The van der Waals surface area contributed by atoms with Crippen molar-refractivity contribution in [2.45, 2.75) is 6.42 Å². The molecule has 0 spiro atoms. The van der Waals surface area contributed by atoms with Gasteiger partial charge in [-0.3, -0.25) is 0 Å². The molecule has 0 aliphatic rings. The molecule has 0 bridgehead atoms. The smallest absolute Gasteiger partial charge is 0.126 e. The molecule has 0 saturated heterocycles. The van der Waals surface area contributed by atoms with Crippen molar-refractivity contribution in [3.8, 4) is 11.1 Å².